The first kappa shape index (κ1) is 30.8. The molecular weight excluding hydrogens is 571 g/mol. The van der Waals surface area contributed by atoms with E-state index in [4.69, 9.17) is 23.2 Å². The van der Waals surface area contributed by atoms with Gasteiger partial charge in [-0.25, -0.2) is 8.42 Å². The third-order valence-electron chi connectivity index (χ3n) is 8.60. The second-order valence-electron chi connectivity index (χ2n) is 11.3. The van der Waals surface area contributed by atoms with Gasteiger partial charge < -0.3 is 10.0 Å². The van der Waals surface area contributed by atoms with Crippen LogP contribution >= 0.6 is 23.2 Å². The number of likely N-dealkylation sites (N-methyl/N-ethyl adjacent to an activating group) is 1. The summed E-state index contributed by atoms with van der Waals surface area (Å²) in [6.45, 7) is 5.92. The van der Waals surface area contributed by atoms with Crippen LogP contribution in [0, 0.1) is 5.41 Å². The summed E-state index contributed by atoms with van der Waals surface area (Å²) in [5.41, 5.74) is 0.549. The summed E-state index contributed by atoms with van der Waals surface area (Å²) in [7, 11) is -3.52. The number of carboxylic acids is 1. The highest BCUT2D eigenvalue weighted by Gasteiger charge is 2.52. The van der Waals surface area contributed by atoms with Gasteiger partial charge in [0, 0.05) is 35.1 Å². The molecule has 0 aromatic heterocycles. The molecule has 1 heterocycles. The molecule has 1 N–H and O–H groups in total. The molecule has 1 aliphatic heterocycles. The van der Waals surface area contributed by atoms with Gasteiger partial charge >= 0.3 is 5.97 Å². The Bertz CT molecular complexity index is 1330. The summed E-state index contributed by atoms with van der Waals surface area (Å²) in [6.07, 6.45) is 2.67. The molecule has 1 aliphatic carbocycles. The van der Waals surface area contributed by atoms with E-state index in [9.17, 15) is 23.1 Å². The Morgan fingerprint density at radius 1 is 1.10 bits per heavy atom. The van der Waals surface area contributed by atoms with Gasteiger partial charge in [0.25, 0.3) is 0 Å². The van der Waals surface area contributed by atoms with Crippen molar-refractivity contribution in [2.45, 2.75) is 82.5 Å². The molecule has 4 atom stereocenters. The number of carbonyl (C=O) groups excluding carboxylic acids is 1. The number of carboxylic acid groups (broad SMARTS) is 1. The van der Waals surface area contributed by atoms with E-state index < -0.39 is 33.5 Å². The largest absolute Gasteiger partial charge is 0.481 e. The summed E-state index contributed by atoms with van der Waals surface area (Å²) in [5, 5.41) is 10.6. The van der Waals surface area contributed by atoms with E-state index in [0.717, 1.165) is 17.5 Å². The summed E-state index contributed by atoms with van der Waals surface area (Å²) in [5.74, 6) is -1.62. The first-order valence-electron chi connectivity index (χ1n) is 14.0. The second kappa shape index (κ2) is 12.4. The van der Waals surface area contributed by atoms with Gasteiger partial charge in [-0.3, -0.25) is 9.59 Å². The number of rotatable bonds is 11. The molecule has 0 radical (unpaired) electrons. The van der Waals surface area contributed by atoms with E-state index in [1.165, 1.54) is 4.31 Å². The van der Waals surface area contributed by atoms with Gasteiger partial charge in [0.2, 0.25) is 15.9 Å². The van der Waals surface area contributed by atoms with Crippen molar-refractivity contribution < 1.29 is 23.1 Å². The first-order chi connectivity index (χ1) is 18.9. The molecule has 2 aliphatic rings. The number of benzene rings is 2. The molecule has 1 amide bonds. The van der Waals surface area contributed by atoms with E-state index in [1.54, 1.807) is 30.0 Å². The van der Waals surface area contributed by atoms with Crippen molar-refractivity contribution in [3.05, 3.63) is 69.7 Å². The number of hydrogen-bond donors (Lipinski definition) is 1. The van der Waals surface area contributed by atoms with E-state index in [0.29, 0.717) is 42.3 Å². The smallest absolute Gasteiger partial charge is 0.304 e. The van der Waals surface area contributed by atoms with Crippen LogP contribution in [0.5, 0.6) is 0 Å². The summed E-state index contributed by atoms with van der Waals surface area (Å²) in [4.78, 5) is 28.2. The monoisotopic (exact) mass is 608 g/mol. The van der Waals surface area contributed by atoms with Crippen LogP contribution in [0.1, 0.15) is 82.4 Å². The number of amides is 1. The standard InChI is InChI=1S/C30H38Cl2N2O5S/c1-4-24(19-33(5-2)40(38,39)25-10-7-11-25)34-28(20-12-14-22(31)15-13-20)26(21-8-6-9-23(32)16-21)17-30(3,29(34)37)18-27(35)36/h6,8-9,12-16,24-26,28H,4-5,7,10-11,17-19H2,1-3H3,(H,35,36)/t24-,26+,28+,30+/m0/s1. The maximum Gasteiger partial charge on any atom is 0.304 e. The third kappa shape index (κ3) is 6.20. The Labute approximate surface area is 247 Å². The van der Waals surface area contributed by atoms with Gasteiger partial charge in [-0.1, -0.05) is 74.7 Å². The lowest BCUT2D eigenvalue weighted by Gasteiger charge is -2.52. The SMILES string of the molecule is CC[C@@H](CN(CC)S(=O)(=O)C1CCC1)N1C(=O)[C@@](C)(CC(=O)O)C[C@H](c2cccc(Cl)c2)[C@H]1c1ccc(Cl)cc1. The third-order valence-corrected chi connectivity index (χ3v) is 11.5. The van der Waals surface area contributed by atoms with Gasteiger partial charge in [0.1, 0.15) is 0 Å². The highest BCUT2D eigenvalue weighted by atomic mass is 35.5. The lowest BCUT2D eigenvalue weighted by Crippen LogP contribution is -2.59. The number of halogens is 2. The number of hydrogen-bond acceptors (Lipinski definition) is 4. The topological polar surface area (TPSA) is 95.0 Å². The Hall–Kier alpha value is -2.13. The molecule has 2 aromatic rings. The highest BCUT2D eigenvalue weighted by molar-refractivity contribution is 7.89. The van der Waals surface area contributed by atoms with Crippen molar-refractivity contribution >= 4 is 45.1 Å². The van der Waals surface area contributed by atoms with Crippen LogP contribution in [0.3, 0.4) is 0 Å². The van der Waals surface area contributed by atoms with Gasteiger partial charge in [0.15, 0.2) is 0 Å². The zero-order valence-electron chi connectivity index (χ0n) is 23.2. The molecular formula is C30H38Cl2N2O5S. The molecule has 218 valence electrons. The van der Waals surface area contributed by atoms with Crippen molar-refractivity contribution in [3.8, 4) is 0 Å². The lowest BCUT2D eigenvalue weighted by atomic mass is 9.67. The van der Waals surface area contributed by atoms with Crippen molar-refractivity contribution in [2.75, 3.05) is 13.1 Å². The summed E-state index contributed by atoms with van der Waals surface area (Å²) >= 11 is 12.6. The van der Waals surface area contributed by atoms with Crippen LogP contribution in [0.25, 0.3) is 0 Å². The first-order valence-corrected chi connectivity index (χ1v) is 16.2. The van der Waals surface area contributed by atoms with Crippen molar-refractivity contribution in [2.24, 2.45) is 5.41 Å². The van der Waals surface area contributed by atoms with Gasteiger partial charge in [-0.05, 0) is 61.1 Å². The lowest BCUT2D eigenvalue weighted by molar-refractivity contribution is -0.160. The number of carbonyl (C=O) groups is 2. The average Bonchev–Trinajstić information content (AvgIpc) is 2.85. The van der Waals surface area contributed by atoms with E-state index in [2.05, 4.69) is 0 Å². The van der Waals surface area contributed by atoms with E-state index in [-0.39, 0.29) is 30.0 Å². The molecule has 0 spiro atoms. The van der Waals surface area contributed by atoms with Crippen LogP contribution in [-0.2, 0) is 19.6 Å². The fraction of sp³-hybridized carbons (Fsp3) is 0.533. The highest BCUT2D eigenvalue weighted by Crippen LogP contribution is 2.52. The van der Waals surface area contributed by atoms with Crippen LogP contribution in [0.4, 0.5) is 0 Å². The van der Waals surface area contributed by atoms with Crippen LogP contribution in [0.2, 0.25) is 10.0 Å². The summed E-state index contributed by atoms with van der Waals surface area (Å²) in [6, 6.07) is 13.8. The zero-order chi connectivity index (χ0) is 29.2. The zero-order valence-corrected chi connectivity index (χ0v) is 25.6. The van der Waals surface area contributed by atoms with Crippen LogP contribution < -0.4 is 0 Å². The van der Waals surface area contributed by atoms with Gasteiger partial charge in [0.05, 0.1) is 23.1 Å². The predicted molar refractivity (Wildman–Crippen MR) is 158 cm³/mol. The predicted octanol–water partition coefficient (Wildman–Crippen LogP) is 6.51. The van der Waals surface area contributed by atoms with E-state index in [1.807, 2.05) is 44.2 Å². The Morgan fingerprint density at radius 3 is 2.30 bits per heavy atom. The van der Waals surface area contributed by atoms with Crippen LogP contribution in [0.15, 0.2) is 48.5 Å². The number of nitrogens with zero attached hydrogens (tertiary/aromatic N) is 2. The molecule has 4 rings (SSSR count). The maximum absolute atomic E-state index is 14.4. The molecule has 0 unspecified atom stereocenters. The molecule has 10 heteroatoms. The van der Waals surface area contributed by atoms with Gasteiger partial charge in [-0.15, -0.1) is 0 Å². The van der Waals surface area contributed by atoms with Crippen molar-refractivity contribution in [1.82, 2.24) is 9.21 Å². The Kier molecular flexibility index (Phi) is 9.55. The van der Waals surface area contributed by atoms with Crippen molar-refractivity contribution in [3.63, 3.8) is 0 Å². The minimum Gasteiger partial charge on any atom is -0.481 e. The second-order valence-corrected chi connectivity index (χ2v) is 14.4. The number of piperidine rings is 1. The molecule has 40 heavy (non-hydrogen) atoms. The number of likely N-dealkylation sites (tertiary alicyclic amines) is 1. The molecule has 7 nitrogen and oxygen atoms in total. The van der Waals surface area contributed by atoms with E-state index >= 15 is 0 Å². The summed E-state index contributed by atoms with van der Waals surface area (Å²) < 4.78 is 28.4. The number of aliphatic carboxylic acids is 1. The minimum absolute atomic E-state index is 0.146. The fourth-order valence-corrected chi connectivity index (χ4v) is 8.64. The molecule has 1 saturated heterocycles. The van der Waals surface area contributed by atoms with Crippen molar-refractivity contribution in [1.29, 1.82) is 0 Å². The molecule has 2 aromatic carbocycles. The maximum atomic E-state index is 14.4. The number of sulfonamides is 1. The van der Waals surface area contributed by atoms with Gasteiger partial charge in [-0.2, -0.15) is 4.31 Å². The van der Waals surface area contributed by atoms with Crippen LogP contribution in [-0.4, -0.2) is 59.0 Å². The minimum atomic E-state index is -3.52. The normalized spacial score (nSPS) is 24.6. The molecule has 1 saturated carbocycles. The molecule has 0 bridgehead atoms. The fourth-order valence-electron chi connectivity index (χ4n) is 6.22. The Morgan fingerprint density at radius 2 is 1.77 bits per heavy atom. The average molecular weight is 610 g/mol. The quantitative estimate of drug-likeness (QED) is 0.313. The Balaban J connectivity index is 1.86. The molecule has 2 fully saturated rings.